The summed E-state index contributed by atoms with van der Waals surface area (Å²) in [6.45, 7) is 8.34. The zero-order valence-corrected chi connectivity index (χ0v) is 22.9. The van der Waals surface area contributed by atoms with Crippen molar-refractivity contribution < 1.29 is 14.3 Å². The minimum absolute atomic E-state index is 0.00557. The normalized spacial score (nSPS) is 12.6. The van der Waals surface area contributed by atoms with E-state index in [9.17, 15) is 9.59 Å². The summed E-state index contributed by atoms with van der Waals surface area (Å²) in [4.78, 5) is 28.8. The fourth-order valence-electron chi connectivity index (χ4n) is 3.96. The molecule has 3 aromatic carbocycles. The van der Waals surface area contributed by atoms with Crippen LogP contribution in [0.2, 0.25) is 5.02 Å². The Kier molecular flexibility index (Phi) is 10.6. The number of hydrogen-bond acceptors (Lipinski definition) is 3. The molecular weight excluding hydrogens is 484 g/mol. The maximum absolute atomic E-state index is 13.6. The van der Waals surface area contributed by atoms with Gasteiger partial charge in [-0.2, -0.15) is 0 Å². The highest BCUT2D eigenvalue weighted by atomic mass is 35.5. The Hall–Kier alpha value is -3.31. The van der Waals surface area contributed by atoms with E-state index in [1.807, 2.05) is 80.6 Å². The molecule has 2 unspecified atom stereocenters. The van der Waals surface area contributed by atoms with E-state index in [1.54, 1.807) is 17.0 Å². The summed E-state index contributed by atoms with van der Waals surface area (Å²) in [5.41, 5.74) is 3.06. The van der Waals surface area contributed by atoms with Gasteiger partial charge in [-0.15, -0.1) is 0 Å². The molecule has 37 heavy (non-hydrogen) atoms. The lowest BCUT2D eigenvalue weighted by Gasteiger charge is -2.32. The number of nitrogens with one attached hydrogen (secondary N) is 1. The SMILES string of the molecule is CCC(C)NC(=O)C(Cc1ccccc1)N(Cc1ccc(Cl)cc1)C(=O)COc1ccc(C(C)C)cc1. The molecule has 6 heteroatoms. The van der Waals surface area contributed by atoms with Crippen LogP contribution in [0.5, 0.6) is 5.75 Å². The summed E-state index contributed by atoms with van der Waals surface area (Å²) >= 11 is 6.09. The van der Waals surface area contributed by atoms with Gasteiger partial charge in [0.15, 0.2) is 6.61 Å². The maximum atomic E-state index is 13.6. The first-order valence-electron chi connectivity index (χ1n) is 12.9. The van der Waals surface area contributed by atoms with Crippen LogP contribution in [0.1, 0.15) is 56.7 Å². The van der Waals surface area contributed by atoms with Crippen LogP contribution in [-0.4, -0.2) is 35.4 Å². The van der Waals surface area contributed by atoms with Crippen molar-refractivity contribution in [3.63, 3.8) is 0 Å². The van der Waals surface area contributed by atoms with Gasteiger partial charge in [0.05, 0.1) is 0 Å². The van der Waals surface area contributed by atoms with Gasteiger partial charge in [-0.25, -0.2) is 0 Å². The van der Waals surface area contributed by atoms with Gasteiger partial charge in [0, 0.05) is 24.0 Å². The zero-order chi connectivity index (χ0) is 26.8. The van der Waals surface area contributed by atoms with E-state index in [-0.39, 0.29) is 31.0 Å². The van der Waals surface area contributed by atoms with Crippen molar-refractivity contribution in [3.05, 3.63) is 101 Å². The van der Waals surface area contributed by atoms with E-state index < -0.39 is 6.04 Å². The van der Waals surface area contributed by atoms with E-state index in [1.165, 1.54) is 5.56 Å². The molecule has 0 heterocycles. The summed E-state index contributed by atoms with van der Waals surface area (Å²) in [7, 11) is 0. The largest absolute Gasteiger partial charge is 0.484 e. The van der Waals surface area contributed by atoms with Crippen LogP contribution in [-0.2, 0) is 22.6 Å². The van der Waals surface area contributed by atoms with Gasteiger partial charge < -0.3 is 15.0 Å². The molecule has 0 saturated carbocycles. The minimum atomic E-state index is -0.702. The van der Waals surface area contributed by atoms with Gasteiger partial charge in [0.25, 0.3) is 5.91 Å². The maximum Gasteiger partial charge on any atom is 0.261 e. The van der Waals surface area contributed by atoms with Crippen molar-refractivity contribution in [1.82, 2.24) is 10.2 Å². The van der Waals surface area contributed by atoms with Crippen LogP contribution in [0.25, 0.3) is 0 Å². The molecule has 196 valence electrons. The van der Waals surface area contributed by atoms with E-state index in [2.05, 4.69) is 19.2 Å². The summed E-state index contributed by atoms with van der Waals surface area (Å²) in [5.74, 6) is 0.589. The molecule has 2 atom stereocenters. The third-order valence-electron chi connectivity index (χ3n) is 6.45. The Morgan fingerprint density at radius 1 is 0.892 bits per heavy atom. The highest BCUT2D eigenvalue weighted by Crippen LogP contribution is 2.20. The van der Waals surface area contributed by atoms with Crippen LogP contribution in [0.15, 0.2) is 78.9 Å². The Labute approximate surface area is 225 Å². The number of nitrogens with zero attached hydrogens (tertiary/aromatic N) is 1. The molecule has 0 spiro atoms. The molecule has 0 radical (unpaired) electrons. The van der Waals surface area contributed by atoms with Crippen LogP contribution in [0.4, 0.5) is 0 Å². The summed E-state index contributed by atoms with van der Waals surface area (Å²) in [6.07, 6.45) is 1.19. The monoisotopic (exact) mass is 520 g/mol. The molecule has 0 bridgehead atoms. The van der Waals surface area contributed by atoms with E-state index in [4.69, 9.17) is 16.3 Å². The number of amides is 2. The summed E-state index contributed by atoms with van der Waals surface area (Å²) < 4.78 is 5.88. The highest BCUT2D eigenvalue weighted by Gasteiger charge is 2.31. The van der Waals surface area contributed by atoms with Crippen LogP contribution < -0.4 is 10.1 Å². The smallest absolute Gasteiger partial charge is 0.261 e. The molecule has 0 saturated heterocycles. The lowest BCUT2D eigenvalue weighted by molar-refractivity contribution is -0.143. The second-order valence-electron chi connectivity index (χ2n) is 9.68. The van der Waals surface area contributed by atoms with Crippen LogP contribution in [0, 0.1) is 0 Å². The Bertz CT molecular complexity index is 1130. The van der Waals surface area contributed by atoms with Gasteiger partial charge in [-0.3, -0.25) is 9.59 Å². The minimum Gasteiger partial charge on any atom is -0.484 e. The van der Waals surface area contributed by atoms with Gasteiger partial charge in [-0.1, -0.05) is 87.0 Å². The molecule has 0 aromatic heterocycles. The van der Waals surface area contributed by atoms with Crippen molar-refractivity contribution in [2.24, 2.45) is 0 Å². The second-order valence-corrected chi connectivity index (χ2v) is 10.1. The molecule has 0 aliphatic rings. The van der Waals surface area contributed by atoms with E-state index >= 15 is 0 Å². The highest BCUT2D eigenvalue weighted by molar-refractivity contribution is 6.30. The number of carbonyl (C=O) groups is 2. The zero-order valence-electron chi connectivity index (χ0n) is 22.1. The Morgan fingerprint density at radius 3 is 2.14 bits per heavy atom. The standard InChI is InChI=1S/C31H37ClN2O3/c1-5-23(4)33-31(36)29(19-24-9-7-6-8-10-24)34(20-25-11-15-27(32)16-12-25)30(35)21-37-28-17-13-26(14-18-28)22(2)3/h6-18,22-23,29H,5,19-21H2,1-4H3,(H,33,36). The number of ether oxygens (including phenoxy) is 1. The summed E-state index contributed by atoms with van der Waals surface area (Å²) in [6, 6.07) is 24.2. The third kappa shape index (κ3) is 8.64. The van der Waals surface area contributed by atoms with Gasteiger partial charge in [0.2, 0.25) is 5.91 Å². The molecule has 5 nitrogen and oxygen atoms in total. The molecule has 2 amide bonds. The molecule has 3 aromatic rings. The number of halogens is 1. The third-order valence-corrected chi connectivity index (χ3v) is 6.70. The quantitative estimate of drug-likeness (QED) is 0.301. The molecule has 0 aliphatic carbocycles. The second kappa shape index (κ2) is 13.8. The fourth-order valence-corrected chi connectivity index (χ4v) is 4.08. The van der Waals surface area contributed by atoms with Crippen LogP contribution >= 0.6 is 11.6 Å². The van der Waals surface area contributed by atoms with Gasteiger partial charge in [-0.05, 0) is 60.2 Å². The lowest BCUT2D eigenvalue weighted by Crippen LogP contribution is -2.53. The predicted molar refractivity (Wildman–Crippen MR) is 150 cm³/mol. The van der Waals surface area contributed by atoms with Crippen molar-refractivity contribution in [3.8, 4) is 5.75 Å². The Morgan fingerprint density at radius 2 is 1.54 bits per heavy atom. The van der Waals surface area contributed by atoms with Gasteiger partial charge >= 0.3 is 0 Å². The first kappa shape index (κ1) is 28.3. The number of benzene rings is 3. The average molecular weight is 521 g/mol. The first-order valence-corrected chi connectivity index (χ1v) is 13.3. The van der Waals surface area contributed by atoms with E-state index in [0.717, 1.165) is 17.5 Å². The predicted octanol–water partition coefficient (Wildman–Crippen LogP) is 6.40. The fraction of sp³-hybridized carbons (Fsp3) is 0.355. The first-order chi connectivity index (χ1) is 17.8. The lowest BCUT2D eigenvalue weighted by atomic mass is 10.0. The van der Waals surface area contributed by atoms with Crippen molar-refractivity contribution in [2.75, 3.05) is 6.61 Å². The van der Waals surface area contributed by atoms with Crippen molar-refractivity contribution in [1.29, 1.82) is 0 Å². The molecule has 0 aliphatic heterocycles. The molecule has 3 rings (SSSR count). The number of carbonyl (C=O) groups excluding carboxylic acids is 2. The Balaban J connectivity index is 1.88. The molecular formula is C31H37ClN2O3. The number of rotatable bonds is 12. The molecule has 1 N–H and O–H groups in total. The van der Waals surface area contributed by atoms with E-state index in [0.29, 0.717) is 23.1 Å². The average Bonchev–Trinajstić information content (AvgIpc) is 2.91. The number of hydrogen-bond donors (Lipinski definition) is 1. The topological polar surface area (TPSA) is 58.6 Å². The van der Waals surface area contributed by atoms with Gasteiger partial charge in [0.1, 0.15) is 11.8 Å². The summed E-state index contributed by atoms with van der Waals surface area (Å²) in [5, 5.41) is 3.69. The van der Waals surface area contributed by atoms with Crippen molar-refractivity contribution >= 4 is 23.4 Å². The van der Waals surface area contributed by atoms with Crippen LogP contribution in [0.3, 0.4) is 0 Å². The van der Waals surface area contributed by atoms with Crippen molar-refractivity contribution in [2.45, 2.75) is 65.1 Å². The molecule has 0 fully saturated rings.